The van der Waals surface area contributed by atoms with Gasteiger partial charge in [0.1, 0.15) is 0 Å². The van der Waals surface area contributed by atoms with Gasteiger partial charge in [0, 0.05) is 13.0 Å². The third kappa shape index (κ3) is 4.03. The Labute approximate surface area is 136 Å². The highest BCUT2D eigenvalue weighted by Gasteiger charge is 2.12. The summed E-state index contributed by atoms with van der Waals surface area (Å²) in [7, 11) is 0. The number of benzene rings is 2. The molecule has 3 rings (SSSR count). The van der Waals surface area contributed by atoms with E-state index < -0.39 is 0 Å². The fourth-order valence-corrected chi connectivity index (χ4v) is 2.57. The number of carbonyl (C=O) groups excluding carboxylic acids is 1. The van der Waals surface area contributed by atoms with Crippen LogP contribution in [0.3, 0.4) is 0 Å². The van der Waals surface area contributed by atoms with Crippen LogP contribution < -0.4 is 14.8 Å². The molecular formula is C19H21NO3. The molecule has 0 spiro atoms. The lowest BCUT2D eigenvalue weighted by molar-refractivity contribution is -0.120. The molecule has 0 fully saturated rings. The van der Waals surface area contributed by atoms with E-state index in [0.29, 0.717) is 26.2 Å². The van der Waals surface area contributed by atoms with Gasteiger partial charge in [-0.25, -0.2) is 0 Å². The maximum atomic E-state index is 12.1. The van der Waals surface area contributed by atoms with Gasteiger partial charge in [-0.1, -0.05) is 30.3 Å². The van der Waals surface area contributed by atoms with Gasteiger partial charge in [0.15, 0.2) is 11.5 Å². The van der Waals surface area contributed by atoms with Gasteiger partial charge < -0.3 is 14.8 Å². The normalized spacial score (nSPS) is 13.3. The summed E-state index contributed by atoms with van der Waals surface area (Å²) < 4.78 is 11.3. The fourth-order valence-electron chi connectivity index (χ4n) is 2.57. The van der Waals surface area contributed by atoms with E-state index in [0.717, 1.165) is 29.0 Å². The maximum absolute atomic E-state index is 12.1. The molecule has 1 aliphatic heterocycles. The molecule has 1 heterocycles. The average molecular weight is 311 g/mol. The first-order valence-corrected chi connectivity index (χ1v) is 7.92. The number of hydrogen-bond acceptors (Lipinski definition) is 3. The summed E-state index contributed by atoms with van der Waals surface area (Å²) in [5, 5.41) is 2.97. The first-order chi connectivity index (χ1) is 11.2. The molecule has 0 atom stereocenters. The summed E-state index contributed by atoms with van der Waals surface area (Å²) >= 11 is 0. The first-order valence-electron chi connectivity index (χ1n) is 7.92. The van der Waals surface area contributed by atoms with Gasteiger partial charge in [0.25, 0.3) is 0 Å². The SMILES string of the molecule is Cc1ccccc1CNC(=O)Cc1ccc2c(c1)OCCCO2. The monoisotopic (exact) mass is 311 g/mol. The summed E-state index contributed by atoms with van der Waals surface area (Å²) in [6.07, 6.45) is 1.21. The number of carbonyl (C=O) groups is 1. The molecule has 0 saturated heterocycles. The van der Waals surface area contributed by atoms with Crippen molar-refractivity contribution >= 4 is 5.91 Å². The van der Waals surface area contributed by atoms with E-state index in [1.165, 1.54) is 5.56 Å². The van der Waals surface area contributed by atoms with E-state index in [-0.39, 0.29) is 5.91 Å². The molecule has 1 N–H and O–H groups in total. The third-order valence-corrected chi connectivity index (χ3v) is 3.91. The van der Waals surface area contributed by atoms with Gasteiger partial charge in [0.05, 0.1) is 19.6 Å². The number of ether oxygens (including phenoxy) is 2. The molecule has 23 heavy (non-hydrogen) atoms. The van der Waals surface area contributed by atoms with Crippen molar-refractivity contribution in [2.75, 3.05) is 13.2 Å². The number of amides is 1. The van der Waals surface area contributed by atoms with Gasteiger partial charge in [-0.2, -0.15) is 0 Å². The van der Waals surface area contributed by atoms with Gasteiger partial charge in [-0.15, -0.1) is 0 Å². The quantitative estimate of drug-likeness (QED) is 0.944. The molecule has 0 radical (unpaired) electrons. The Morgan fingerprint density at radius 3 is 2.70 bits per heavy atom. The van der Waals surface area contributed by atoms with Crippen LogP contribution in [-0.4, -0.2) is 19.1 Å². The lowest BCUT2D eigenvalue weighted by Gasteiger charge is -2.10. The van der Waals surface area contributed by atoms with Crippen LogP contribution in [0.2, 0.25) is 0 Å². The number of aryl methyl sites for hydroxylation is 1. The van der Waals surface area contributed by atoms with E-state index in [1.807, 2.05) is 49.4 Å². The average Bonchev–Trinajstić information content (AvgIpc) is 2.79. The Morgan fingerprint density at radius 1 is 1.09 bits per heavy atom. The predicted octanol–water partition coefficient (Wildman–Crippen LogP) is 3.02. The number of nitrogens with one attached hydrogen (secondary N) is 1. The van der Waals surface area contributed by atoms with Crippen molar-refractivity contribution in [2.24, 2.45) is 0 Å². The minimum absolute atomic E-state index is 0.00254. The molecule has 4 heteroatoms. The van der Waals surface area contributed by atoms with Crippen LogP contribution >= 0.6 is 0 Å². The zero-order valence-corrected chi connectivity index (χ0v) is 13.3. The zero-order chi connectivity index (χ0) is 16.1. The van der Waals surface area contributed by atoms with Crippen molar-refractivity contribution < 1.29 is 14.3 Å². The molecule has 2 aromatic carbocycles. The summed E-state index contributed by atoms with van der Waals surface area (Å²) in [5.74, 6) is 1.49. The van der Waals surface area contributed by atoms with Gasteiger partial charge in [-0.05, 0) is 35.7 Å². The standard InChI is InChI=1S/C19H21NO3/c1-14-5-2-3-6-16(14)13-20-19(21)12-15-7-8-17-18(11-15)23-10-4-9-22-17/h2-3,5-8,11H,4,9-10,12-13H2,1H3,(H,20,21). The van der Waals surface area contributed by atoms with Crippen molar-refractivity contribution in [1.29, 1.82) is 0 Å². The van der Waals surface area contributed by atoms with Crippen LogP contribution in [0.4, 0.5) is 0 Å². The van der Waals surface area contributed by atoms with E-state index in [9.17, 15) is 4.79 Å². The lowest BCUT2D eigenvalue weighted by atomic mass is 10.1. The third-order valence-electron chi connectivity index (χ3n) is 3.91. The minimum Gasteiger partial charge on any atom is -0.490 e. The van der Waals surface area contributed by atoms with E-state index in [4.69, 9.17) is 9.47 Å². The lowest BCUT2D eigenvalue weighted by Crippen LogP contribution is -2.24. The second-order valence-corrected chi connectivity index (χ2v) is 5.71. The Morgan fingerprint density at radius 2 is 1.87 bits per heavy atom. The molecule has 2 aromatic rings. The molecule has 1 amide bonds. The Balaban J connectivity index is 1.60. The molecule has 1 aliphatic rings. The number of hydrogen-bond donors (Lipinski definition) is 1. The molecule has 120 valence electrons. The highest BCUT2D eigenvalue weighted by molar-refractivity contribution is 5.78. The molecule has 0 aliphatic carbocycles. The van der Waals surface area contributed by atoms with Crippen molar-refractivity contribution in [3.8, 4) is 11.5 Å². The van der Waals surface area contributed by atoms with Crippen LogP contribution in [-0.2, 0) is 17.8 Å². The largest absolute Gasteiger partial charge is 0.490 e. The fraction of sp³-hybridized carbons (Fsp3) is 0.316. The number of rotatable bonds is 4. The highest BCUT2D eigenvalue weighted by atomic mass is 16.5. The molecule has 4 nitrogen and oxygen atoms in total. The predicted molar refractivity (Wildman–Crippen MR) is 88.8 cm³/mol. The van der Waals surface area contributed by atoms with E-state index in [1.54, 1.807) is 0 Å². The van der Waals surface area contributed by atoms with Crippen LogP contribution in [0.5, 0.6) is 11.5 Å². The Bertz CT molecular complexity index is 697. The van der Waals surface area contributed by atoms with Gasteiger partial charge in [-0.3, -0.25) is 4.79 Å². The molecule has 0 unspecified atom stereocenters. The molecule has 0 aromatic heterocycles. The topological polar surface area (TPSA) is 47.6 Å². The van der Waals surface area contributed by atoms with E-state index >= 15 is 0 Å². The minimum atomic E-state index is 0.00254. The Hall–Kier alpha value is -2.49. The number of fused-ring (bicyclic) bond motifs is 1. The van der Waals surface area contributed by atoms with E-state index in [2.05, 4.69) is 5.32 Å². The highest BCUT2D eigenvalue weighted by Crippen LogP contribution is 2.30. The van der Waals surface area contributed by atoms with Crippen molar-refractivity contribution in [3.63, 3.8) is 0 Å². The molecule has 0 saturated carbocycles. The van der Waals surface area contributed by atoms with Crippen molar-refractivity contribution in [3.05, 3.63) is 59.2 Å². The van der Waals surface area contributed by atoms with Gasteiger partial charge >= 0.3 is 0 Å². The maximum Gasteiger partial charge on any atom is 0.224 e. The smallest absolute Gasteiger partial charge is 0.224 e. The zero-order valence-electron chi connectivity index (χ0n) is 13.3. The molecular weight excluding hydrogens is 290 g/mol. The summed E-state index contributed by atoms with van der Waals surface area (Å²) in [6, 6.07) is 13.8. The van der Waals surface area contributed by atoms with Crippen LogP contribution in [0.15, 0.2) is 42.5 Å². The van der Waals surface area contributed by atoms with Crippen LogP contribution in [0, 0.1) is 6.92 Å². The van der Waals surface area contributed by atoms with Crippen molar-refractivity contribution in [1.82, 2.24) is 5.32 Å². The second kappa shape index (κ2) is 7.18. The summed E-state index contributed by atoms with van der Waals surface area (Å²) in [4.78, 5) is 12.1. The Kier molecular flexibility index (Phi) is 4.81. The van der Waals surface area contributed by atoms with Crippen LogP contribution in [0.1, 0.15) is 23.1 Å². The first kappa shape index (κ1) is 15.4. The summed E-state index contributed by atoms with van der Waals surface area (Å²) in [5.41, 5.74) is 3.25. The van der Waals surface area contributed by atoms with Crippen LogP contribution in [0.25, 0.3) is 0 Å². The van der Waals surface area contributed by atoms with Crippen molar-refractivity contribution in [2.45, 2.75) is 26.3 Å². The summed E-state index contributed by atoms with van der Waals surface area (Å²) in [6.45, 7) is 3.92. The van der Waals surface area contributed by atoms with Gasteiger partial charge in [0.2, 0.25) is 5.91 Å². The second-order valence-electron chi connectivity index (χ2n) is 5.71. The molecule has 0 bridgehead atoms.